The van der Waals surface area contributed by atoms with Crippen molar-refractivity contribution >= 4 is 28.3 Å². The standard InChI is InChI=1S/C26H32F2N4O3S/c1-16-29-23-19(4-3-5-21(23)35-16)24(33)30-18-8-6-17(7-9-18)10-12-32-13-11-22-20(14-32)31-25(36-22)34-15-26(2,27)28/h3-5,17-18H,6-15H2,1-2H3,(H,30,33)/t17-,18-. The van der Waals surface area contributed by atoms with Gasteiger partial charge in [-0.25, -0.2) is 18.7 Å². The van der Waals surface area contributed by atoms with Crippen LogP contribution in [0.25, 0.3) is 11.1 Å². The van der Waals surface area contributed by atoms with Gasteiger partial charge in [-0.1, -0.05) is 17.4 Å². The number of aryl methyl sites for hydroxylation is 1. The smallest absolute Gasteiger partial charge is 0.278 e. The third-order valence-corrected chi connectivity index (χ3v) is 8.11. The molecule has 0 atom stereocenters. The molecule has 3 aromatic rings. The average Bonchev–Trinajstić information content (AvgIpc) is 3.43. The topological polar surface area (TPSA) is 80.5 Å². The zero-order valence-electron chi connectivity index (χ0n) is 20.7. The Morgan fingerprint density at radius 2 is 2.08 bits per heavy atom. The molecule has 36 heavy (non-hydrogen) atoms. The number of benzene rings is 1. The van der Waals surface area contributed by atoms with Crippen molar-refractivity contribution in [2.75, 3.05) is 19.7 Å². The summed E-state index contributed by atoms with van der Waals surface area (Å²) >= 11 is 1.39. The second-order valence-electron chi connectivity index (χ2n) is 10.1. The minimum Gasteiger partial charge on any atom is -0.464 e. The first-order chi connectivity index (χ1) is 17.2. The Morgan fingerprint density at radius 1 is 1.28 bits per heavy atom. The number of carbonyl (C=O) groups excluding carboxylic acids is 1. The number of hydrogen-bond donors (Lipinski definition) is 1. The lowest BCUT2D eigenvalue weighted by Gasteiger charge is -2.32. The first kappa shape index (κ1) is 25.1. The summed E-state index contributed by atoms with van der Waals surface area (Å²) in [5.74, 6) is -1.75. The summed E-state index contributed by atoms with van der Waals surface area (Å²) in [4.78, 5) is 25.3. The monoisotopic (exact) mass is 518 g/mol. The normalized spacial score (nSPS) is 20.9. The summed E-state index contributed by atoms with van der Waals surface area (Å²) in [6.07, 6.45) is 6.14. The molecule has 1 fully saturated rings. The SMILES string of the molecule is Cc1nc2c(C(=O)N[C@H]3CC[C@H](CCN4CCc5sc(OCC(C)(F)F)nc5C4)CC3)cccc2o1. The van der Waals surface area contributed by atoms with Crippen LogP contribution in [0.4, 0.5) is 8.78 Å². The predicted molar refractivity (Wildman–Crippen MR) is 134 cm³/mol. The summed E-state index contributed by atoms with van der Waals surface area (Å²) in [7, 11) is 0. The number of nitrogens with zero attached hydrogens (tertiary/aromatic N) is 3. The summed E-state index contributed by atoms with van der Waals surface area (Å²) in [6, 6.07) is 5.63. The van der Waals surface area contributed by atoms with Crippen LogP contribution in [-0.2, 0) is 13.0 Å². The summed E-state index contributed by atoms with van der Waals surface area (Å²) in [5, 5.41) is 3.54. The average molecular weight is 519 g/mol. The van der Waals surface area contributed by atoms with Gasteiger partial charge in [0.1, 0.15) is 5.52 Å². The highest BCUT2D eigenvalue weighted by Crippen LogP contribution is 2.32. The highest BCUT2D eigenvalue weighted by Gasteiger charge is 2.27. The van der Waals surface area contributed by atoms with Gasteiger partial charge in [-0.15, -0.1) is 0 Å². The van der Waals surface area contributed by atoms with E-state index in [0.717, 1.165) is 75.7 Å². The minimum absolute atomic E-state index is 0.0873. The Bertz CT molecular complexity index is 1210. The Labute approximate surface area is 213 Å². The van der Waals surface area contributed by atoms with Gasteiger partial charge in [-0.2, -0.15) is 0 Å². The van der Waals surface area contributed by atoms with E-state index >= 15 is 0 Å². The number of fused-ring (bicyclic) bond motifs is 2. The van der Waals surface area contributed by atoms with Gasteiger partial charge in [-0.05, 0) is 63.1 Å². The molecule has 1 amide bonds. The number of carbonyl (C=O) groups is 1. The van der Waals surface area contributed by atoms with Crippen LogP contribution in [0.2, 0.25) is 0 Å². The number of ether oxygens (including phenoxy) is 1. The van der Waals surface area contributed by atoms with Crippen molar-refractivity contribution in [2.45, 2.75) is 70.9 Å². The predicted octanol–water partition coefficient (Wildman–Crippen LogP) is 5.36. The molecular weight excluding hydrogens is 486 g/mol. The zero-order chi connectivity index (χ0) is 25.3. The first-order valence-corrected chi connectivity index (χ1v) is 13.4. The second-order valence-corrected chi connectivity index (χ2v) is 11.1. The largest absolute Gasteiger partial charge is 0.464 e. The molecule has 1 aromatic carbocycles. The fraction of sp³-hybridized carbons (Fsp3) is 0.577. The van der Waals surface area contributed by atoms with E-state index in [9.17, 15) is 13.6 Å². The van der Waals surface area contributed by atoms with Crippen molar-refractivity contribution in [3.05, 3.63) is 40.2 Å². The molecular formula is C26H32F2N4O3S. The van der Waals surface area contributed by atoms with Crippen LogP contribution in [0.5, 0.6) is 5.19 Å². The number of alkyl halides is 2. The lowest BCUT2D eigenvalue weighted by Crippen LogP contribution is -2.38. The molecule has 1 saturated carbocycles. The van der Waals surface area contributed by atoms with E-state index in [2.05, 4.69) is 20.2 Å². The maximum absolute atomic E-state index is 13.1. The van der Waals surface area contributed by atoms with Crippen LogP contribution in [0.3, 0.4) is 0 Å². The summed E-state index contributed by atoms with van der Waals surface area (Å²) in [5.41, 5.74) is 2.78. The van der Waals surface area contributed by atoms with Crippen LogP contribution in [0, 0.1) is 12.8 Å². The summed E-state index contributed by atoms with van der Waals surface area (Å²) in [6.45, 7) is 4.69. The number of thiazole rings is 1. The molecule has 2 aliphatic rings. The molecule has 194 valence electrons. The van der Waals surface area contributed by atoms with Crippen molar-refractivity contribution in [1.29, 1.82) is 0 Å². The quantitative estimate of drug-likeness (QED) is 0.432. The van der Waals surface area contributed by atoms with Crippen LogP contribution in [0.1, 0.15) is 65.8 Å². The molecule has 0 radical (unpaired) electrons. The van der Waals surface area contributed by atoms with E-state index in [-0.39, 0.29) is 11.9 Å². The van der Waals surface area contributed by atoms with E-state index in [1.165, 1.54) is 11.3 Å². The zero-order valence-corrected chi connectivity index (χ0v) is 21.5. The maximum Gasteiger partial charge on any atom is 0.278 e. The van der Waals surface area contributed by atoms with Gasteiger partial charge >= 0.3 is 0 Å². The van der Waals surface area contributed by atoms with Crippen molar-refractivity contribution in [1.82, 2.24) is 20.2 Å². The van der Waals surface area contributed by atoms with E-state index in [4.69, 9.17) is 9.15 Å². The molecule has 7 nitrogen and oxygen atoms in total. The van der Waals surface area contributed by atoms with Gasteiger partial charge in [0.05, 0.1) is 11.3 Å². The Morgan fingerprint density at radius 3 is 2.86 bits per heavy atom. The second kappa shape index (κ2) is 10.4. The highest BCUT2D eigenvalue weighted by molar-refractivity contribution is 7.13. The third kappa shape index (κ3) is 6.03. The van der Waals surface area contributed by atoms with E-state index < -0.39 is 12.5 Å². The molecule has 10 heteroatoms. The van der Waals surface area contributed by atoms with Crippen molar-refractivity contribution in [3.8, 4) is 5.19 Å². The number of rotatable bonds is 8. The van der Waals surface area contributed by atoms with E-state index in [1.807, 2.05) is 12.1 Å². The van der Waals surface area contributed by atoms with Gasteiger partial charge < -0.3 is 14.5 Å². The lowest BCUT2D eigenvalue weighted by atomic mass is 9.84. The molecule has 0 bridgehead atoms. The van der Waals surface area contributed by atoms with E-state index in [0.29, 0.717) is 33.7 Å². The molecule has 1 aliphatic heterocycles. The Kier molecular flexibility index (Phi) is 7.25. The minimum atomic E-state index is -2.86. The molecule has 0 saturated heterocycles. The van der Waals surface area contributed by atoms with Gasteiger partial charge in [-0.3, -0.25) is 9.69 Å². The number of para-hydroxylation sites is 1. The van der Waals surface area contributed by atoms with Gasteiger partial charge in [0, 0.05) is 37.9 Å². The van der Waals surface area contributed by atoms with Gasteiger partial charge in [0.2, 0.25) is 0 Å². The Balaban J connectivity index is 1.06. The Hall–Kier alpha value is -2.59. The maximum atomic E-state index is 13.1. The first-order valence-electron chi connectivity index (χ1n) is 12.6. The summed E-state index contributed by atoms with van der Waals surface area (Å²) < 4.78 is 36.9. The van der Waals surface area contributed by atoms with Crippen LogP contribution in [-0.4, -0.2) is 52.4 Å². The van der Waals surface area contributed by atoms with Crippen molar-refractivity contribution in [3.63, 3.8) is 0 Å². The highest BCUT2D eigenvalue weighted by atomic mass is 32.1. The molecule has 0 unspecified atom stereocenters. The van der Waals surface area contributed by atoms with E-state index in [1.54, 1.807) is 13.0 Å². The molecule has 5 rings (SSSR count). The van der Waals surface area contributed by atoms with Crippen LogP contribution >= 0.6 is 11.3 Å². The number of nitrogens with one attached hydrogen (secondary N) is 1. The fourth-order valence-electron chi connectivity index (χ4n) is 5.14. The molecule has 0 spiro atoms. The van der Waals surface area contributed by atoms with Crippen molar-refractivity contribution in [2.24, 2.45) is 5.92 Å². The molecule has 2 aromatic heterocycles. The molecule has 3 heterocycles. The van der Waals surface area contributed by atoms with Gasteiger partial charge in [0.15, 0.2) is 18.1 Å². The number of halogens is 2. The van der Waals surface area contributed by atoms with Crippen LogP contribution < -0.4 is 10.1 Å². The number of amides is 1. The number of aromatic nitrogens is 2. The molecule has 1 N–H and O–H groups in total. The van der Waals surface area contributed by atoms with Gasteiger partial charge in [0.25, 0.3) is 17.0 Å². The third-order valence-electron chi connectivity index (χ3n) is 7.04. The number of hydrogen-bond acceptors (Lipinski definition) is 7. The van der Waals surface area contributed by atoms with Crippen molar-refractivity contribution < 1.29 is 22.7 Å². The lowest BCUT2D eigenvalue weighted by molar-refractivity contribution is -0.0230. The fourth-order valence-corrected chi connectivity index (χ4v) is 6.04. The molecule has 1 aliphatic carbocycles. The van der Waals surface area contributed by atoms with Crippen LogP contribution in [0.15, 0.2) is 22.6 Å². The number of oxazole rings is 1.